The topological polar surface area (TPSA) is 78.4 Å². The van der Waals surface area contributed by atoms with Gasteiger partial charge in [0.1, 0.15) is 5.69 Å². The molecule has 3 rings (SSSR count). The Kier molecular flexibility index (Phi) is 3.05. The maximum Gasteiger partial charge on any atom is 0.354 e. The molecular weight excluding hydrogens is 234 g/mol. The molecule has 1 saturated heterocycles. The molecule has 18 heavy (non-hydrogen) atoms. The second-order valence-electron chi connectivity index (χ2n) is 5.06. The lowest BCUT2D eigenvalue weighted by atomic mass is 10.1. The van der Waals surface area contributed by atoms with Gasteiger partial charge in [-0.1, -0.05) is 0 Å². The zero-order chi connectivity index (χ0) is 12.5. The number of hydrogen-bond donors (Lipinski definition) is 2. The molecule has 1 aromatic heterocycles. The number of H-pyrrole nitrogens is 1. The average molecular weight is 251 g/mol. The number of nitrogens with one attached hydrogen (secondary N) is 1. The van der Waals surface area contributed by atoms with Crippen molar-refractivity contribution in [3.63, 3.8) is 0 Å². The highest BCUT2D eigenvalue weighted by molar-refractivity contribution is 5.86. The summed E-state index contributed by atoms with van der Waals surface area (Å²) in [6.07, 6.45) is 4.47. The number of aromatic amines is 1. The molecule has 1 aromatic rings. The van der Waals surface area contributed by atoms with Crippen molar-refractivity contribution in [2.75, 3.05) is 19.7 Å². The first-order valence-electron chi connectivity index (χ1n) is 6.33. The molecule has 2 fully saturated rings. The van der Waals surface area contributed by atoms with Crippen molar-refractivity contribution < 1.29 is 14.6 Å². The highest BCUT2D eigenvalue weighted by Crippen LogP contribution is 2.35. The van der Waals surface area contributed by atoms with Crippen LogP contribution in [0.15, 0.2) is 6.20 Å². The fraction of sp³-hybridized carbons (Fsp3) is 0.667. The predicted octanol–water partition coefficient (Wildman–Crippen LogP) is 0.719. The third-order valence-corrected chi connectivity index (χ3v) is 3.65. The monoisotopic (exact) mass is 251 g/mol. The molecule has 0 radical (unpaired) electrons. The van der Waals surface area contributed by atoms with Gasteiger partial charge in [-0.2, -0.15) is 5.10 Å². The van der Waals surface area contributed by atoms with Gasteiger partial charge in [0, 0.05) is 25.2 Å². The maximum atomic E-state index is 11.0. The molecule has 0 bridgehead atoms. The number of aromatic carboxylic acids is 1. The van der Waals surface area contributed by atoms with Gasteiger partial charge in [0.05, 0.1) is 18.9 Å². The van der Waals surface area contributed by atoms with Crippen LogP contribution in [0, 0.1) is 5.92 Å². The van der Waals surface area contributed by atoms with Crippen molar-refractivity contribution in [1.82, 2.24) is 15.1 Å². The highest BCUT2D eigenvalue weighted by Gasteiger charge is 2.35. The van der Waals surface area contributed by atoms with Gasteiger partial charge >= 0.3 is 5.97 Å². The lowest BCUT2D eigenvalue weighted by Gasteiger charge is -2.32. The zero-order valence-electron chi connectivity index (χ0n) is 10.1. The zero-order valence-corrected chi connectivity index (χ0v) is 10.1. The van der Waals surface area contributed by atoms with E-state index < -0.39 is 5.97 Å². The number of morpholine rings is 1. The van der Waals surface area contributed by atoms with Gasteiger partial charge < -0.3 is 9.84 Å². The Morgan fingerprint density at radius 1 is 1.61 bits per heavy atom. The quantitative estimate of drug-likeness (QED) is 0.824. The van der Waals surface area contributed by atoms with E-state index in [2.05, 4.69) is 15.1 Å². The van der Waals surface area contributed by atoms with Gasteiger partial charge in [-0.3, -0.25) is 10.00 Å². The third-order valence-electron chi connectivity index (χ3n) is 3.65. The number of aromatic nitrogens is 2. The first kappa shape index (κ1) is 11.7. The molecule has 0 aromatic carbocycles. The standard InChI is InChI=1S/C12H17N3O3/c16-12(17)11-9(5-13-14-11)6-15-3-4-18-10(7-15)8-1-2-8/h5,8,10H,1-4,6-7H2,(H,13,14)(H,16,17)/t10-/m0/s1. The first-order valence-corrected chi connectivity index (χ1v) is 6.33. The molecule has 1 atom stereocenters. The Morgan fingerprint density at radius 2 is 2.44 bits per heavy atom. The van der Waals surface area contributed by atoms with E-state index in [9.17, 15) is 4.79 Å². The second-order valence-corrected chi connectivity index (χ2v) is 5.06. The van der Waals surface area contributed by atoms with E-state index in [0.29, 0.717) is 12.6 Å². The number of carbonyl (C=O) groups is 1. The summed E-state index contributed by atoms with van der Waals surface area (Å²) in [5, 5.41) is 15.4. The fourth-order valence-electron chi connectivity index (χ4n) is 2.49. The molecule has 0 amide bonds. The number of rotatable bonds is 4. The van der Waals surface area contributed by atoms with Crippen molar-refractivity contribution in [2.24, 2.45) is 5.92 Å². The van der Waals surface area contributed by atoms with E-state index in [4.69, 9.17) is 9.84 Å². The fourth-order valence-corrected chi connectivity index (χ4v) is 2.49. The maximum absolute atomic E-state index is 11.0. The lowest BCUT2D eigenvalue weighted by Crippen LogP contribution is -2.43. The Labute approximate surface area is 105 Å². The van der Waals surface area contributed by atoms with Crippen molar-refractivity contribution in [3.8, 4) is 0 Å². The summed E-state index contributed by atoms with van der Waals surface area (Å²) in [5.41, 5.74) is 0.948. The molecule has 6 heteroatoms. The van der Waals surface area contributed by atoms with E-state index in [-0.39, 0.29) is 5.69 Å². The summed E-state index contributed by atoms with van der Waals surface area (Å²) in [7, 11) is 0. The number of carboxylic acids is 1. The Morgan fingerprint density at radius 3 is 3.17 bits per heavy atom. The number of carboxylic acid groups (broad SMARTS) is 1. The van der Waals surface area contributed by atoms with Gasteiger partial charge in [0.2, 0.25) is 0 Å². The predicted molar refractivity (Wildman–Crippen MR) is 63.3 cm³/mol. The third kappa shape index (κ3) is 2.39. The van der Waals surface area contributed by atoms with Crippen LogP contribution in [0.4, 0.5) is 0 Å². The number of hydrogen-bond acceptors (Lipinski definition) is 4. The van der Waals surface area contributed by atoms with Crippen LogP contribution in [0.25, 0.3) is 0 Å². The molecule has 2 aliphatic rings. The van der Waals surface area contributed by atoms with Gasteiger partial charge in [-0.25, -0.2) is 4.79 Å². The van der Waals surface area contributed by atoms with Gasteiger partial charge in [-0.15, -0.1) is 0 Å². The first-order chi connectivity index (χ1) is 8.74. The van der Waals surface area contributed by atoms with Crippen LogP contribution in [0.2, 0.25) is 0 Å². The summed E-state index contributed by atoms with van der Waals surface area (Å²) < 4.78 is 5.75. The van der Waals surface area contributed by atoms with E-state index in [1.807, 2.05) is 0 Å². The Bertz CT molecular complexity index is 442. The van der Waals surface area contributed by atoms with Crippen LogP contribution in [-0.2, 0) is 11.3 Å². The van der Waals surface area contributed by atoms with Crippen molar-refractivity contribution in [2.45, 2.75) is 25.5 Å². The summed E-state index contributed by atoms with van der Waals surface area (Å²) >= 11 is 0. The molecule has 0 unspecified atom stereocenters. The molecule has 1 aliphatic carbocycles. The molecule has 2 heterocycles. The summed E-state index contributed by atoms with van der Waals surface area (Å²) in [6, 6.07) is 0. The second kappa shape index (κ2) is 4.70. The minimum Gasteiger partial charge on any atom is -0.477 e. The summed E-state index contributed by atoms with van der Waals surface area (Å²) in [5.74, 6) is -0.231. The molecule has 0 spiro atoms. The van der Waals surface area contributed by atoms with E-state index in [1.165, 1.54) is 12.8 Å². The van der Waals surface area contributed by atoms with Crippen LogP contribution in [0.3, 0.4) is 0 Å². The van der Waals surface area contributed by atoms with E-state index >= 15 is 0 Å². The highest BCUT2D eigenvalue weighted by atomic mass is 16.5. The lowest BCUT2D eigenvalue weighted by molar-refractivity contribution is -0.0419. The minimum absolute atomic E-state index is 0.199. The van der Waals surface area contributed by atoms with Crippen molar-refractivity contribution in [3.05, 3.63) is 17.5 Å². The minimum atomic E-state index is -0.950. The molecular formula is C12H17N3O3. The van der Waals surface area contributed by atoms with Crippen LogP contribution in [-0.4, -0.2) is 52.0 Å². The summed E-state index contributed by atoms with van der Waals surface area (Å²) in [4.78, 5) is 13.2. The van der Waals surface area contributed by atoms with Gasteiger partial charge in [-0.05, 0) is 18.8 Å². The van der Waals surface area contributed by atoms with Crippen LogP contribution >= 0.6 is 0 Å². The van der Waals surface area contributed by atoms with Crippen molar-refractivity contribution >= 4 is 5.97 Å². The number of nitrogens with zero attached hydrogens (tertiary/aromatic N) is 2. The Balaban J connectivity index is 1.64. The van der Waals surface area contributed by atoms with Crippen LogP contribution in [0.5, 0.6) is 0 Å². The number of ether oxygens (including phenoxy) is 1. The molecule has 1 saturated carbocycles. The SMILES string of the molecule is O=C(O)c1[nH]ncc1CN1CCO[C@H](C2CC2)C1. The van der Waals surface area contributed by atoms with Crippen LogP contribution in [0.1, 0.15) is 28.9 Å². The van der Waals surface area contributed by atoms with E-state index in [0.717, 1.165) is 31.2 Å². The van der Waals surface area contributed by atoms with Gasteiger partial charge in [0.25, 0.3) is 0 Å². The average Bonchev–Trinajstić information content (AvgIpc) is 3.10. The normalized spacial score (nSPS) is 25.2. The van der Waals surface area contributed by atoms with E-state index in [1.54, 1.807) is 6.20 Å². The molecule has 98 valence electrons. The summed E-state index contributed by atoms with van der Waals surface area (Å²) in [6.45, 7) is 3.12. The van der Waals surface area contributed by atoms with Crippen LogP contribution < -0.4 is 0 Å². The van der Waals surface area contributed by atoms with Crippen molar-refractivity contribution in [1.29, 1.82) is 0 Å². The smallest absolute Gasteiger partial charge is 0.354 e. The molecule has 1 aliphatic heterocycles. The molecule has 2 N–H and O–H groups in total. The largest absolute Gasteiger partial charge is 0.477 e. The van der Waals surface area contributed by atoms with Gasteiger partial charge in [0.15, 0.2) is 0 Å². The Hall–Kier alpha value is -1.40. The molecule has 6 nitrogen and oxygen atoms in total.